The van der Waals surface area contributed by atoms with Gasteiger partial charge in [-0.1, -0.05) is 34.8 Å². The fourth-order valence-electron chi connectivity index (χ4n) is 12.5. The van der Waals surface area contributed by atoms with Crippen molar-refractivity contribution in [3.8, 4) is 11.8 Å². The van der Waals surface area contributed by atoms with Crippen LogP contribution in [0.5, 0.6) is 11.8 Å². The predicted molar refractivity (Wildman–Crippen MR) is 473 cm³/mol. The molecule has 4 aliphatic rings. The average molecular weight is 1950 g/mol. The minimum absolute atomic E-state index is 0.00569. The molecule has 5 amide bonds. The lowest BCUT2D eigenvalue weighted by Gasteiger charge is -2.40. The van der Waals surface area contributed by atoms with Crippen molar-refractivity contribution in [1.29, 1.82) is 0 Å². The van der Waals surface area contributed by atoms with E-state index in [0.29, 0.717) is 105 Å². The summed E-state index contributed by atoms with van der Waals surface area (Å²) in [7, 11) is 0. The molecule has 13 rings (SSSR count). The number of carbonyl (C=O) groups excluding carboxylic acids is 5. The number of urea groups is 1. The zero-order valence-electron chi connectivity index (χ0n) is 75.1. The Morgan fingerprint density at radius 3 is 1.07 bits per heavy atom. The van der Waals surface area contributed by atoms with Crippen LogP contribution in [0.3, 0.4) is 0 Å². The molecule has 3 N–H and O–H groups in total. The number of hydrogen-bond acceptors (Lipinski definition) is 27. The number of aliphatic hydroxyl groups is 1. The van der Waals surface area contributed by atoms with Gasteiger partial charge in [-0.3, -0.25) is 15.0 Å². The van der Waals surface area contributed by atoms with Gasteiger partial charge in [-0.05, 0) is 179 Å². The van der Waals surface area contributed by atoms with Crippen LogP contribution in [-0.4, -0.2) is 229 Å². The molecule has 134 heavy (non-hydrogen) atoms. The molecule has 4 aliphatic heterocycles. The lowest BCUT2D eigenvalue weighted by molar-refractivity contribution is -0.144. The summed E-state index contributed by atoms with van der Waals surface area (Å²) in [4.78, 5) is 119. The highest BCUT2D eigenvalue weighted by Gasteiger charge is 2.41. The molecule has 47 heteroatoms. The maximum Gasteiger partial charge on any atom is 0.416 e. The Morgan fingerprint density at radius 1 is 0.425 bits per heavy atom. The molecule has 4 fully saturated rings. The Bertz CT molecular complexity index is 5200. The minimum Gasteiger partial charge on any atom is -0.470 e. The number of isocyanates is 1. The van der Waals surface area contributed by atoms with Gasteiger partial charge in [0.25, 0.3) is 11.8 Å². The number of aliphatic imine (C=N–C) groups is 1. The average Bonchev–Trinajstić information content (AvgIpc) is 0.802. The fourth-order valence-corrected chi connectivity index (χ4v) is 12.9. The third kappa shape index (κ3) is 36.5. The maximum atomic E-state index is 13.1. The maximum absolute atomic E-state index is 13.1. The number of rotatable bonds is 12. The topological polar surface area (TPSA) is 353 Å². The van der Waals surface area contributed by atoms with E-state index < -0.39 is 81.2 Å². The van der Waals surface area contributed by atoms with Gasteiger partial charge in [0.15, 0.2) is 32.9 Å². The van der Waals surface area contributed by atoms with Gasteiger partial charge >= 0.3 is 49.0 Å². The third-order valence-electron chi connectivity index (χ3n) is 18.6. The number of aromatic nitrogens is 11. The third-order valence-corrected chi connectivity index (χ3v) is 19.5. The zero-order valence-corrected chi connectivity index (χ0v) is 77.4. The van der Waals surface area contributed by atoms with Gasteiger partial charge in [-0.25, -0.2) is 63.8 Å². The van der Waals surface area contributed by atoms with Crippen LogP contribution in [0.2, 0.25) is 15.5 Å². The number of anilines is 4. The van der Waals surface area contributed by atoms with Gasteiger partial charge < -0.3 is 73.7 Å². The number of aliphatic hydroxyl groups excluding tert-OH is 1. The van der Waals surface area contributed by atoms with Crippen molar-refractivity contribution in [3.63, 3.8) is 0 Å². The number of amides is 5. The van der Waals surface area contributed by atoms with Crippen LogP contribution in [0.25, 0.3) is 0 Å². The SMILES string of the molecule is CC1CN(C(=O)Nc2cc(C(F)(F)F)cc(C(F)(F)F)c2)CCN1c1nccnc1OCc1ccncc1.CC1CN(C(=O)OC(C)(C)C)CCN1.CC1CN(C(=O)OC(C)(C)C)CCN1c1nccnc1Cl.CC1CN(C(=O)OC(C)(C)C)CCN1c1nccnc1OCc1ccncc1.Clc1nccnc1Cl.O=C=Nc1cc(C(F)(F)F)cc(C(F)(F)F)c1.OCc1ccncc1. The molecule has 0 spiro atoms. The van der Waals surface area contributed by atoms with Crippen LogP contribution in [0.1, 0.15) is 129 Å². The van der Waals surface area contributed by atoms with Crippen LogP contribution in [0, 0.1) is 0 Å². The molecule has 4 unspecified atom stereocenters. The van der Waals surface area contributed by atoms with Crippen molar-refractivity contribution < 1.29 is 105 Å². The number of nitrogens with one attached hydrogen (secondary N) is 2. The Kier molecular flexibility index (Phi) is 40.2. The molecule has 726 valence electrons. The standard InChI is InChI=1S/C24H22F6N6O2.C20H27N5O3.C14H21ClN4O2.C10H20N2O2.C9H3F6NO.C6H7NO.C4H2Cl2N2/c1-15-13-35(22(37)34-19-11-17(23(25,26)27)10-18(12-19)24(28,29)30)8-9-36(15)20-21(33-7-6-32-20)38-14-16-2-4-31-5-3-16;1-15-13-24(19(26)28-20(2,3)4)11-12-25(15)17-18(23-10-9-22-17)27-14-16-5-7-21-8-6-16;1-10-9-18(13(20)21-14(2,3)4)7-8-19(10)12-11(15)16-5-6-17-12;1-8-7-12(6-5-11-8)9(13)14-10(2,3)4;10-8(11,12)5-1-6(9(13,14)15)3-7(2-5)16-4-17;8-5-6-1-3-7-4-2-6;5-3-4(6)8-2-1-7-3/h2-7,10-12,15H,8-9,13-14H2,1H3,(H,34,37);5-10,15H,11-14H2,1-4H3;5-6,10H,7-9H2,1-4H3;8,11H,5-7H2,1-4H3;1-3H;1-4,8H,5H2;1-2H. The Labute approximate surface area is 780 Å². The number of halogens is 15. The molecule has 0 saturated carbocycles. The van der Waals surface area contributed by atoms with Crippen LogP contribution in [0.4, 0.5) is 101 Å². The summed E-state index contributed by atoms with van der Waals surface area (Å²) in [6.07, 6.45) is 2.60. The fraction of sp³-hybridized carbons (Fsp3) is 0.448. The molecule has 32 nitrogen and oxygen atoms in total. The first-order valence-corrected chi connectivity index (χ1v) is 42.4. The molecule has 0 bridgehead atoms. The lowest BCUT2D eigenvalue weighted by atomic mass is 10.1. The van der Waals surface area contributed by atoms with E-state index in [1.807, 2.05) is 86.3 Å². The second-order valence-corrected chi connectivity index (χ2v) is 34.0. The zero-order chi connectivity index (χ0) is 99.1. The minimum atomic E-state index is -5.02. The van der Waals surface area contributed by atoms with Gasteiger partial charge in [0.1, 0.15) is 30.0 Å². The van der Waals surface area contributed by atoms with Crippen LogP contribution < -0.4 is 34.8 Å². The van der Waals surface area contributed by atoms with Gasteiger partial charge in [0.2, 0.25) is 6.08 Å². The summed E-state index contributed by atoms with van der Waals surface area (Å²) in [6, 6.07) is 11.9. The number of benzene rings is 2. The first kappa shape index (κ1) is 109. The Balaban J connectivity index is 0.000000226. The highest BCUT2D eigenvalue weighted by atomic mass is 35.5. The monoisotopic (exact) mass is 1950 g/mol. The second-order valence-electron chi connectivity index (χ2n) is 32.9. The van der Waals surface area contributed by atoms with Crippen molar-refractivity contribution in [3.05, 3.63) is 214 Å². The highest BCUT2D eigenvalue weighted by molar-refractivity contribution is 6.40. The summed E-state index contributed by atoms with van der Waals surface area (Å²) < 4.78 is 180. The molecule has 0 radical (unpaired) electrons. The van der Waals surface area contributed by atoms with E-state index in [1.54, 1.807) is 108 Å². The second kappa shape index (κ2) is 49.6. The first-order chi connectivity index (χ1) is 62.8. The number of pyridine rings is 3. The molecule has 2 aromatic carbocycles. The number of piperazine rings is 4. The van der Waals surface area contributed by atoms with Crippen molar-refractivity contribution in [1.82, 2.24) is 79.7 Å². The van der Waals surface area contributed by atoms with Gasteiger partial charge in [-0.2, -0.15) is 57.7 Å². The van der Waals surface area contributed by atoms with Crippen LogP contribution in [0.15, 0.2) is 165 Å². The van der Waals surface area contributed by atoms with Crippen molar-refractivity contribution in [2.24, 2.45) is 4.99 Å². The van der Waals surface area contributed by atoms with Gasteiger partial charge in [0.05, 0.1) is 34.5 Å². The van der Waals surface area contributed by atoms with Gasteiger partial charge in [0, 0.05) is 195 Å². The molecular weight excluding hydrogens is 1850 g/mol. The van der Waals surface area contributed by atoms with Crippen molar-refractivity contribution >= 4 is 94.0 Å². The normalized spacial score (nSPS) is 16.4. The summed E-state index contributed by atoms with van der Waals surface area (Å²) in [5.74, 6) is 2.56. The molecule has 4 saturated heterocycles. The van der Waals surface area contributed by atoms with E-state index in [4.69, 9.17) is 63.6 Å². The van der Waals surface area contributed by atoms with Crippen molar-refractivity contribution in [2.75, 3.05) is 98.6 Å². The molecular formula is C87H102Cl3F12N21O11. The largest absolute Gasteiger partial charge is 0.470 e. The van der Waals surface area contributed by atoms with Crippen LogP contribution >= 0.6 is 34.8 Å². The van der Waals surface area contributed by atoms with Gasteiger partial charge in [-0.15, -0.1) is 0 Å². The summed E-state index contributed by atoms with van der Waals surface area (Å²) in [5, 5.41) is 14.8. The number of alkyl halides is 12. The number of nitrogens with zero attached hydrogens (tertiary/aromatic N) is 19. The van der Waals surface area contributed by atoms with E-state index in [1.165, 1.54) is 29.7 Å². The van der Waals surface area contributed by atoms with E-state index in [9.17, 15) is 76.7 Å². The predicted octanol–water partition coefficient (Wildman–Crippen LogP) is 18.0. The summed E-state index contributed by atoms with van der Waals surface area (Å²) in [5.41, 5.74) is -6.03. The highest BCUT2D eigenvalue weighted by Crippen LogP contribution is 2.41. The summed E-state index contributed by atoms with van der Waals surface area (Å²) in [6.45, 7) is 31.9. The quantitative estimate of drug-likeness (QED) is 0.0442. The van der Waals surface area contributed by atoms with Crippen LogP contribution in [-0.2, 0) is 63.5 Å². The Hall–Kier alpha value is -12.4. The summed E-state index contributed by atoms with van der Waals surface area (Å²) >= 11 is 16.9. The first-order valence-electron chi connectivity index (χ1n) is 41.2. The number of carbonyl (C=O) groups is 4. The number of ether oxygens (including phenoxy) is 5. The molecule has 9 aromatic rings. The van der Waals surface area contributed by atoms with Crippen molar-refractivity contribution in [2.45, 2.75) is 176 Å². The molecule has 0 aliphatic carbocycles. The van der Waals surface area contributed by atoms with E-state index in [-0.39, 0.29) is 97.6 Å². The van der Waals surface area contributed by atoms with E-state index in [2.05, 4.69) is 94.1 Å². The molecule has 11 heterocycles. The van der Waals surface area contributed by atoms with E-state index in [0.717, 1.165) is 42.4 Å². The molecule has 4 atom stereocenters. The smallest absolute Gasteiger partial charge is 0.416 e. The molecule has 7 aromatic heterocycles. The van der Waals surface area contributed by atoms with E-state index >= 15 is 0 Å². The number of hydrogen-bond donors (Lipinski definition) is 3. The Morgan fingerprint density at radius 2 is 0.746 bits per heavy atom. The lowest BCUT2D eigenvalue weighted by Crippen LogP contribution is -2.55.